The van der Waals surface area contributed by atoms with Crippen LogP contribution in [-0.2, 0) is 11.2 Å². The van der Waals surface area contributed by atoms with E-state index in [4.69, 9.17) is 16.3 Å². The van der Waals surface area contributed by atoms with Crippen LogP contribution in [0.1, 0.15) is 51.0 Å². The Bertz CT molecular complexity index is 985. The van der Waals surface area contributed by atoms with Crippen molar-refractivity contribution in [2.45, 2.75) is 57.4 Å². The molecule has 1 aromatic rings. The molecule has 2 atom stereocenters. The van der Waals surface area contributed by atoms with E-state index in [0.717, 1.165) is 55.2 Å². The van der Waals surface area contributed by atoms with Gasteiger partial charge >= 0.3 is 0 Å². The van der Waals surface area contributed by atoms with Crippen LogP contribution in [0.3, 0.4) is 0 Å². The first kappa shape index (κ1) is 23.5. The van der Waals surface area contributed by atoms with Crippen LogP contribution in [-0.4, -0.2) is 48.5 Å². The van der Waals surface area contributed by atoms with Gasteiger partial charge in [-0.2, -0.15) is 0 Å². The predicted octanol–water partition coefficient (Wildman–Crippen LogP) is 4.19. The normalized spacial score (nSPS) is 25.7. The minimum Gasteiger partial charge on any atom is -0.493 e. The van der Waals surface area contributed by atoms with Crippen molar-refractivity contribution in [1.29, 1.82) is 0 Å². The molecule has 184 valence electrons. The van der Waals surface area contributed by atoms with Crippen LogP contribution in [0.25, 0.3) is 0 Å². The maximum Gasteiger partial charge on any atom is 0.224 e. The predicted molar refractivity (Wildman–Crippen MR) is 131 cm³/mol. The molecule has 4 aliphatic rings. The van der Waals surface area contributed by atoms with Gasteiger partial charge in [0, 0.05) is 30.9 Å². The maximum absolute atomic E-state index is 14.5. The minimum atomic E-state index is -0.375. The molecule has 2 aliphatic carbocycles. The number of benzene rings is 1. The summed E-state index contributed by atoms with van der Waals surface area (Å²) in [5.41, 5.74) is 0.332. The number of amides is 1. The van der Waals surface area contributed by atoms with E-state index in [9.17, 15) is 9.18 Å². The summed E-state index contributed by atoms with van der Waals surface area (Å²) < 4.78 is 20.3. The van der Waals surface area contributed by atoms with Crippen LogP contribution >= 0.6 is 11.6 Å². The second-order valence-electron chi connectivity index (χ2n) is 10.5. The standard InChI is InChI=1S/C26H34ClFN4O2/c1-26(7-8-26)31-24(33)13-19-2-3-21(14-23(19)28)34-11-6-18-12-22(18)17-4-9-32(10-5-17)25-29-15-20(27)16-30-25/h2-3,14-15,17-18,22H,4-13,16H2,1H3,(H,29,30)(H,31,33)/t18-,22-/m1/s1. The van der Waals surface area contributed by atoms with E-state index in [2.05, 4.69) is 20.5 Å². The smallest absolute Gasteiger partial charge is 0.224 e. The van der Waals surface area contributed by atoms with E-state index in [1.165, 1.54) is 25.3 Å². The molecule has 6 nitrogen and oxygen atoms in total. The summed E-state index contributed by atoms with van der Waals surface area (Å²) in [5, 5.41) is 6.91. The summed E-state index contributed by atoms with van der Waals surface area (Å²) in [4.78, 5) is 18.9. The molecule has 1 aromatic carbocycles. The number of ether oxygens (including phenoxy) is 1. The Morgan fingerprint density at radius 3 is 2.82 bits per heavy atom. The van der Waals surface area contributed by atoms with Crippen LogP contribution in [0, 0.1) is 23.6 Å². The molecule has 0 bridgehead atoms. The minimum absolute atomic E-state index is 0.0676. The highest BCUT2D eigenvalue weighted by Gasteiger charge is 2.43. The Balaban J connectivity index is 1.00. The van der Waals surface area contributed by atoms with Gasteiger partial charge in [-0.25, -0.2) is 9.38 Å². The van der Waals surface area contributed by atoms with Gasteiger partial charge in [0.05, 0.1) is 24.6 Å². The van der Waals surface area contributed by atoms with Crippen LogP contribution in [0.5, 0.6) is 5.75 Å². The quantitative estimate of drug-likeness (QED) is 0.575. The Kier molecular flexibility index (Phi) is 6.74. The summed E-state index contributed by atoms with van der Waals surface area (Å²) in [6, 6.07) is 4.85. The molecule has 0 unspecified atom stereocenters. The van der Waals surface area contributed by atoms with Crippen molar-refractivity contribution in [1.82, 2.24) is 15.5 Å². The van der Waals surface area contributed by atoms with E-state index in [-0.39, 0.29) is 23.7 Å². The number of guanidine groups is 1. The van der Waals surface area contributed by atoms with Crippen molar-refractivity contribution in [3.63, 3.8) is 0 Å². The van der Waals surface area contributed by atoms with Gasteiger partial charge in [0.1, 0.15) is 11.6 Å². The molecule has 2 saturated carbocycles. The lowest BCUT2D eigenvalue weighted by molar-refractivity contribution is -0.121. The lowest BCUT2D eigenvalue weighted by atomic mass is 9.90. The van der Waals surface area contributed by atoms with Crippen molar-refractivity contribution in [3.05, 3.63) is 40.8 Å². The maximum atomic E-state index is 14.5. The lowest BCUT2D eigenvalue weighted by Gasteiger charge is -2.35. The fourth-order valence-corrected chi connectivity index (χ4v) is 5.37. The highest BCUT2D eigenvalue weighted by molar-refractivity contribution is 6.30. The number of rotatable bonds is 8. The Morgan fingerprint density at radius 1 is 1.35 bits per heavy atom. The van der Waals surface area contributed by atoms with Gasteiger partial charge in [-0.15, -0.1) is 0 Å². The molecule has 0 aromatic heterocycles. The van der Waals surface area contributed by atoms with Crippen molar-refractivity contribution in [2.75, 3.05) is 26.2 Å². The van der Waals surface area contributed by atoms with E-state index >= 15 is 0 Å². The lowest BCUT2D eigenvalue weighted by Crippen LogP contribution is -2.45. The first-order valence-electron chi connectivity index (χ1n) is 12.5. The third kappa shape index (κ3) is 5.85. The number of nitrogens with one attached hydrogen (secondary N) is 2. The topological polar surface area (TPSA) is 66.0 Å². The number of likely N-dealkylation sites (tertiary alicyclic amines) is 1. The fraction of sp³-hybridized carbons (Fsp3) is 0.615. The Hall–Kier alpha value is -2.28. The SMILES string of the molecule is CC1(NC(=O)Cc2ccc(OCC[C@@H]3C[C@@H]3C3CCN(C4=NCC(Cl)=CN4)CC3)cc2F)CC1. The molecular formula is C26H34ClFN4O2. The van der Waals surface area contributed by atoms with Gasteiger partial charge < -0.3 is 20.3 Å². The third-order valence-electron chi connectivity index (χ3n) is 7.73. The molecule has 2 N–H and O–H groups in total. The first-order chi connectivity index (χ1) is 16.4. The van der Waals surface area contributed by atoms with Gasteiger partial charge in [-0.05, 0) is 74.8 Å². The van der Waals surface area contributed by atoms with Gasteiger partial charge in [0.25, 0.3) is 0 Å². The molecule has 8 heteroatoms. The molecule has 0 spiro atoms. The van der Waals surface area contributed by atoms with Crippen molar-refractivity contribution >= 4 is 23.5 Å². The number of carbonyl (C=O) groups excluding carboxylic acids is 1. The molecule has 3 fully saturated rings. The van der Waals surface area contributed by atoms with Crippen LogP contribution in [0.15, 0.2) is 34.4 Å². The monoisotopic (exact) mass is 488 g/mol. The number of nitrogens with zero attached hydrogens (tertiary/aromatic N) is 2. The summed E-state index contributed by atoms with van der Waals surface area (Å²) in [6.45, 7) is 5.25. The van der Waals surface area contributed by atoms with E-state index in [1.807, 2.05) is 13.1 Å². The average Bonchev–Trinajstić information content (AvgIpc) is 3.74. The Labute approximate surface area is 206 Å². The van der Waals surface area contributed by atoms with Crippen LogP contribution in [0.2, 0.25) is 0 Å². The van der Waals surface area contributed by atoms with Crippen molar-refractivity contribution in [2.24, 2.45) is 22.7 Å². The summed E-state index contributed by atoms with van der Waals surface area (Å²) in [6.07, 6.45) is 8.56. The zero-order valence-corrected chi connectivity index (χ0v) is 20.5. The van der Waals surface area contributed by atoms with E-state index < -0.39 is 0 Å². The largest absolute Gasteiger partial charge is 0.493 e. The number of hydrogen-bond acceptors (Lipinski definition) is 5. The number of aliphatic imine (C=N–C) groups is 1. The highest BCUT2D eigenvalue weighted by atomic mass is 35.5. The highest BCUT2D eigenvalue weighted by Crippen LogP contribution is 2.49. The summed E-state index contributed by atoms with van der Waals surface area (Å²) in [5.74, 6) is 3.25. The number of hydrogen-bond donors (Lipinski definition) is 2. The molecule has 2 heterocycles. The zero-order valence-electron chi connectivity index (χ0n) is 19.8. The van der Waals surface area contributed by atoms with Gasteiger partial charge in [0.15, 0.2) is 5.96 Å². The van der Waals surface area contributed by atoms with Crippen LogP contribution < -0.4 is 15.4 Å². The Morgan fingerprint density at radius 2 is 2.15 bits per heavy atom. The fourth-order valence-electron chi connectivity index (χ4n) is 5.25. The summed E-state index contributed by atoms with van der Waals surface area (Å²) >= 11 is 5.97. The number of halogens is 2. The molecule has 34 heavy (non-hydrogen) atoms. The van der Waals surface area contributed by atoms with Gasteiger partial charge in [-0.1, -0.05) is 17.7 Å². The molecule has 1 saturated heterocycles. The molecule has 0 radical (unpaired) electrons. The third-order valence-corrected chi connectivity index (χ3v) is 7.96. The van der Waals surface area contributed by atoms with Gasteiger partial charge in [-0.3, -0.25) is 4.79 Å². The van der Waals surface area contributed by atoms with E-state index in [1.54, 1.807) is 12.1 Å². The van der Waals surface area contributed by atoms with Crippen molar-refractivity contribution in [3.8, 4) is 5.75 Å². The summed E-state index contributed by atoms with van der Waals surface area (Å²) in [7, 11) is 0. The van der Waals surface area contributed by atoms with Crippen LogP contribution in [0.4, 0.5) is 4.39 Å². The second-order valence-corrected chi connectivity index (χ2v) is 11.0. The molecule has 2 aliphatic heterocycles. The van der Waals surface area contributed by atoms with Crippen molar-refractivity contribution < 1.29 is 13.9 Å². The van der Waals surface area contributed by atoms with Gasteiger partial charge in [0.2, 0.25) is 5.91 Å². The molecule has 5 rings (SSSR count). The number of piperidine rings is 1. The number of carbonyl (C=O) groups is 1. The average molecular weight is 489 g/mol. The first-order valence-corrected chi connectivity index (χ1v) is 12.9. The second kappa shape index (κ2) is 9.76. The zero-order chi connectivity index (χ0) is 23.7. The van der Waals surface area contributed by atoms with E-state index in [0.29, 0.717) is 30.4 Å². The molecule has 1 amide bonds. The molecular weight excluding hydrogens is 455 g/mol.